The Labute approximate surface area is 348 Å². The van der Waals surface area contributed by atoms with Gasteiger partial charge < -0.3 is 44.9 Å². The summed E-state index contributed by atoms with van der Waals surface area (Å²) in [5.74, 6) is 3.75. The molecule has 0 amide bonds. The molecular weight excluding hydrogens is 799 g/mol. The number of rotatable bonds is 1. The van der Waals surface area contributed by atoms with Gasteiger partial charge in [0.2, 0.25) is 0 Å². The van der Waals surface area contributed by atoms with Crippen LogP contribution in [-0.2, 0) is 56.2 Å². The Kier molecular flexibility index (Phi) is 12.9. The van der Waals surface area contributed by atoms with Crippen LogP contribution in [-0.4, -0.2) is 44.9 Å². The first-order valence-corrected chi connectivity index (χ1v) is 16.8. The van der Waals surface area contributed by atoms with Crippen molar-refractivity contribution in [3.8, 4) is 45.6 Å². The van der Waals surface area contributed by atoms with Crippen molar-refractivity contribution in [1.29, 1.82) is 0 Å². The number of aryl methyl sites for hydroxylation is 2. The second kappa shape index (κ2) is 17.3. The van der Waals surface area contributed by atoms with Crippen molar-refractivity contribution >= 4 is 44.1 Å². The summed E-state index contributed by atoms with van der Waals surface area (Å²) in [4.78, 5) is 50.9. The fraction of sp³-hybridized carbons (Fsp3) is 0.146. The third-order valence-corrected chi connectivity index (χ3v) is 8.33. The van der Waals surface area contributed by atoms with Gasteiger partial charge >= 0.3 is 17.1 Å². The molecule has 2 aliphatic rings. The molecule has 8 aromatic rings. The third kappa shape index (κ3) is 7.47. The fourth-order valence-corrected chi connectivity index (χ4v) is 6.01. The van der Waals surface area contributed by atoms with E-state index >= 15 is 0 Å². The minimum atomic E-state index is 0. The minimum Gasteiger partial charge on any atom is -0.357 e. The fourth-order valence-electron chi connectivity index (χ4n) is 6.01. The van der Waals surface area contributed by atoms with E-state index in [1.165, 1.54) is 0 Å². The number of hydrogen-bond donors (Lipinski definition) is 0. The molecule has 4 aromatic carbocycles. The average molecular weight is 833 g/mol. The van der Waals surface area contributed by atoms with Gasteiger partial charge in [-0.3, -0.25) is 0 Å². The minimum absolute atomic E-state index is 0. The topological polar surface area (TPSA) is 144 Å². The van der Waals surface area contributed by atoms with E-state index < -0.39 is 0 Å². The smallest absolute Gasteiger partial charge is 0.357 e. The predicted molar refractivity (Wildman–Crippen MR) is 205 cm³/mol. The molecule has 0 fully saturated rings. The van der Waals surface area contributed by atoms with E-state index in [9.17, 15) is 0 Å². The second-order valence-electron chi connectivity index (χ2n) is 11.4. The first kappa shape index (κ1) is 40.1. The third-order valence-electron chi connectivity index (χ3n) is 8.33. The molecule has 0 aliphatic carbocycles. The Bertz CT molecular complexity index is 2440. The Morgan fingerprint density at radius 3 is 1.07 bits per heavy atom. The molecule has 13 heteroatoms. The number of aromatic nitrogens is 11. The number of nitrogens with zero attached hydrogens (tertiary/aromatic N) is 11. The van der Waals surface area contributed by atoms with E-state index in [0.29, 0.717) is 45.9 Å². The van der Waals surface area contributed by atoms with Gasteiger partial charge in [-0.2, -0.15) is 0 Å². The summed E-state index contributed by atoms with van der Waals surface area (Å²) in [7, 11) is 0. The normalized spacial score (nSPS) is 10.6. The van der Waals surface area contributed by atoms with Gasteiger partial charge in [-0.15, -0.1) is 0 Å². The summed E-state index contributed by atoms with van der Waals surface area (Å²) in [6.45, 7) is 7.83. The van der Waals surface area contributed by atoms with Gasteiger partial charge in [-0.25, -0.2) is 9.97 Å². The second-order valence-corrected chi connectivity index (χ2v) is 11.4. The Hall–Kier alpha value is -5.13. The number of benzene rings is 4. The van der Waals surface area contributed by atoms with Crippen molar-refractivity contribution in [2.45, 2.75) is 41.5 Å². The van der Waals surface area contributed by atoms with E-state index in [1.54, 1.807) is 0 Å². The molecule has 0 saturated heterocycles. The van der Waals surface area contributed by atoms with Gasteiger partial charge in [0, 0.05) is 95.5 Å². The van der Waals surface area contributed by atoms with Crippen molar-refractivity contribution < 1.29 is 49.8 Å². The zero-order chi connectivity index (χ0) is 34.9. The van der Waals surface area contributed by atoms with E-state index in [-0.39, 0.29) is 57.2 Å². The molecule has 10 rings (SSSR count). The summed E-state index contributed by atoms with van der Waals surface area (Å²) in [6, 6.07) is 31.8. The van der Waals surface area contributed by atoms with Crippen molar-refractivity contribution in [1.82, 2.24) is 54.8 Å². The van der Waals surface area contributed by atoms with E-state index in [2.05, 4.69) is 21.3 Å². The molecule has 0 saturated carbocycles. The maximum Gasteiger partial charge on any atom is 2.00 e. The number of hydrogen-bond acceptors (Lipinski definition) is 9. The van der Waals surface area contributed by atoms with Gasteiger partial charge in [0.25, 0.3) is 0 Å². The quantitative estimate of drug-likeness (QED) is 0.116. The first-order chi connectivity index (χ1) is 25.1. The van der Waals surface area contributed by atoms with E-state index in [1.807, 2.05) is 125 Å². The van der Waals surface area contributed by atoms with E-state index in [0.717, 1.165) is 61.9 Å². The van der Waals surface area contributed by atoms with Crippen LogP contribution in [0.3, 0.4) is 0 Å². The molecule has 268 valence electrons. The Morgan fingerprint density at radius 1 is 0.481 bits per heavy atom. The van der Waals surface area contributed by atoms with Crippen LogP contribution in [0.5, 0.6) is 0 Å². The van der Waals surface area contributed by atoms with Crippen molar-refractivity contribution in [3.63, 3.8) is 0 Å². The van der Waals surface area contributed by atoms with E-state index in [4.69, 9.17) is 39.9 Å². The van der Waals surface area contributed by atoms with Gasteiger partial charge in [0.1, 0.15) is 0 Å². The Morgan fingerprint density at radius 2 is 0.796 bits per heavy atom. The van der Waals surface area contributed by atoms with Crippen LogP contribution in [0.1, 0.15) is 39.8 Å². The summed E-state index contributed by atoms with van der Waals surface area (Å²) in [6.07, 6.45) is 3.36. The molecule has 11 nitrogen and oxygen atoms in total. The zero-order valence-electron chi connectivity index (χ0n) is 29.2. The monoisotopic (exact) mass is 832 g/mol. The Balaban J connectivity index is 0.000000353. The molecule has 54 heavy (non-hydrogen) atoms. The zero-order valence-corrected chi connectivity index (χ0v) is 33.0. The van der Waals surface area contributed by atoms with Crippen LogP contribution in [0.25, 0.3) is 89.7 Å². The number of fused-ring (bicyclic) bond motifs is 20. The van der Waals surface area contributed by atoms with Crippen LogP contribution in [0, 0.1) is 13.3 Å². The molecule has 0 N–H and O–H groups in total. The molecule has 6 heterocycles. The molecule has 0 atom stereocenters. The van der Waals surface area contributed by atoms with Gasteiger partial charge in [-0.05, 0) is 28.0 Å². The molecule has 0 spiro atoms. The molecule has 4 aromatic heterocycles. The summed E-state index contributed by atoms with van der Waals surface area (Å²) in [5, 5.41) is 3.57. The van der Waals surface area contributed by atoms with Crippen LogP contribution in [0.15, 0.2) is 97.1 Å². The molecule has 2 radical (unpaired) electrons. The summed E-state index contributed by atoms with van der Waals surface area (Å²) in [5.41, 5.74) is 5.78. The molecular formula is C41H34CuN11Y-. The van der Waals surface area contributed by atoms with Gasteiger partial charge in [0.05, 0.1) is 23.3 Å². The SMILES string of the molecule is C.CC.CCc1n[c-]nc(C)n1.[Cu+2].[Y].c1ccc2c(c1)-c1nc-2nc2[n-]c(nc3nc(nc4[n-]c(n1)c1ccccc41)-c1ccccc1-3)c1ccccc21. The maximum absolute atomic E-state index is 4.95. The van der Waals surface area contributed by atoms with Crippen molar-refractivity contribution in [2.75, 3.05) is 0 Å². The van der Waals surface area contributed by atoms with Crippen molar-refractivity contribution in [3.05, 3.63) is 115 Å². The molecule has 0 unspecified atom stereocenters. The molecule has 8 bridgehead atoms. The first-order valence-electron chi connectivity index (χ1n) is 16.8. The van der Waals surface area contributed by atoms with Crippen molar-refractivity contribution in [2.24, 2.45) is 0 Å². The average Bonchev–Trinajstić information content (AvgIpc) is 3.92. The standard InChI is InChI=1S/C32H16N8.C6H8N3.C2H6.CH4.Cu.Y/c1-2-10-18-17(9-1)25-33-26(18)38-28-21-13-5-6-14-22(21)30(35-28)40-32-24-16-8-7-15-23(24)31(36-32)39-29-20-12-4-3-11-19(20)27(34-29)37-25;1-3-6-8-4-7-5(2)9-6;1-2;;;/h1-16H;3H2,1-2H3;1-2H3;1H4;;/q-2;-1;;;+2;. The maximum atomic E-state index is 4.95. The summed E-state index contributed by atoms with van der Waals surface area (Å²) < 4.78 is 0. The largest absolute Gasteiger partial charge is 2.00 e. The van der Waals surface area contributed by atoms with Gasteiger partial charge in [-0.1, -0.05) is 132 Å². The van der Waals surface area contributed by atoms with Crippen LogP contribution in [0.2, 0.25) is 0 Å². The molecule has 2 aliphatic heterocycles. The predicted octanol–water partition coefficient (Wildman–Crippen LogP) is 8.33. The van der Waals surface area contributed by atoms with Crippen LogP contribution < -0.4 is 9.97 Å². The van der Waals surface area contributed by atoms with Crippen LogP contribution in [0.4, 0.5) is 0 Å². The summed E-state index contributed by atoms with van der Waals surface area (Å²) >= 11 is 0. The van der Waals surface area contributed by atoms with Gasteiger partial charge in [0.15, 0.2) is 0 Å². The van der Waals surface area contributed by atoms with Crippen LogP contribution >= 0.6 is 0 Å².